The van der Waals surface area contributed by atoms with Crippen LogP contribution in [-0.2, 0) is 33.2 Å². The van der Waals surface area contributed by atoms with Gasteiger partial charge in [-0.2, -0.15) is 0 Å². The molecule has 2 heterocycles. The molecule has 11 atom stereocenters. The van der Waals surface area contributed by atoms with E-state index in [9.17, 15) is 40.5 Å². The van der Waals surface area contributed by atoms with Crippen molar-refractivity contribution in [2.75, 3.05) is 33.0 Å². The van der Waals surface area contributed by atoms with Crippen molar-refractivity contribution < 1.29 is 69.0 Å². The van der Waals surface area contributed by atoms with Crippen LogP contribution in [0, 0.1) is 0 Å². The van der Waals surface area contributed by atoms with E-state index in [4.69, 9.17) is 28.4 Å². The van der Waals surface area contributed by atoms with Gasteiger partial charge in [0.25, 0.3) is 0 Å². The van der Waals surface area contributed by atoms with Crippen molar-refractivity contribution in [3.63, 3.8) is 0 Å². The van der Waals surface area contributed by atoms with Crippen molar-refractivity contribution in [1.29, 1.82) is 0 Å². The molecule has 7 N–H and O–H groups in total. The van der Waals surface area contributed by atoms with Gasteiger partial charge in [-0.05, 0) is 70.6 Å². The summed E-state index contributed by atoms with van der Waals surface area (Å²) in [5.41, 5.74) is 0. The molecule has 0 aromatic heterocycles. The highest BCUT2D eigenvalue weighted by atomic mass is 16.7. The van der Waals surface area contributed by atoms with E-state index in [1.165, 1.54) is 83.5 Å². The summed E-state index contributed by atoms with van der Waals surface area (Å²) in [5, 5.41) is 72.3. The summed E-state index contributed by atoms with van der Waals surface area (Å²) < 4.78 is 34.3. The molecule has 75 heavy (non-hydrogen) atoms. The minimum atomic E-state index is -1.72. The van der Waals surface area contributed by atoms with Gasteiger partial charge < -0.3 is 64.2 Å². The minimum Gasteiger partial charge on any atom is -0.457 e. The third-order valence-electron chi connectivity index (χ3n) is 13.4. The Morgan fingerprint density at radius 3 is 1.35 bits per heavy atom. The largest absolute Gasteiger partial charge is 0.457 e. The number of rotatable bonds is 46. The monoisotopic (exact) mass is 1060 g/mol. The summed E-state index contributed by atoms with van der Waals surface area (Å²) >= 11 is 0. The highest BCUT2D eigenvalue weighted by Gasteiger charge is 2.47. The Hall–Kier alpha value is -2.83. The summed E-state index contributed by atoms with van der Waals surface area (Å²) in [6.07, 6.45) is 45.0. The van der Waals surface area contributed by atoms with Gasteiger partial charge in [0.15, 0.2) is 12.6 Å². The molecule has 0 spiro atoms. The van der Waals surface area contributed by atoms with E-state index < -0.39 is 86.7 Å². The lowest BCUT2D eigenvalue weighted by molar-refractivity contribution is -0.332. The average Bonchev–Trinajstić information content (AvgIpc) is 3.41. The number of esters is 1. The van der Waals surface area contributed by atoms with Crippen LogP contribution in [0.25, 0.3) is 0 Å². The van der Waals surface area contributed by atoms with E-state index in [-0.39, 0.29) is 19.6 Å². The molecule has 0 aromatic rings. The van der Waals surface area contributed by atoms with Crippen molar-refractivity contribution in [3.8, 4) is 0 Å². The number of unbranched alkanes of at least 4 members (excludes halogenated alkanes) is 18. The van der Waals surface area contributed by atoms with Crippen LogP contribution < -0.4 is 0 Å². The molecule has 0 bridgehead atoms. The molecule has 2 aliphatic rings. The van der Waals surface area contributed by atoms with Crippen LogP contribution in [-0.4, -0.2) is 142 Å². The Balaban J connectivity index is 1.74. The van der Waals surface area contributed by atoms with Gasteiger partial charge in [0, 0.05) is 13.0 Å². The highest BCUT2D eigenvalue weighted by Crippen LogP contribution is 2.26. The van der Waals surface area contributed by atoms with Gasteiger partial charge in [0.1, 0.15) is 54.9 Å². The Bertz CT molecular complexity index is 1560. The summed E-state index contributed by atoms with van der Waals surface area (Å²) in [5.74, 6) is -0.408. The molecule has 0 aliphatic carbocycles. The zero-order valence-corrected chi connectivity index (χ0v) is 46.3. The van der Waals surface area contributed by atoms with Crippen LogP contribution in [0.15, 0.2) is 85.1 Å². The maximum atomic E-state index is 13.1. The number of hydrogen-bond acceptors (Lipinski definition) is 14. The second-order valence-corrected chi connectivity index (χ2v) is 20.1. The smallest absolute Gasteiger partial charge is 0.306 e. The van der Waals surface area contributed by atoms with E-state index in [2.05, 4.69) is 98.9 Å². The molecule has 0 radical (unpaired) electrons. The summed E-state index contributed by atoms with van der Waals surface area (Å²) in [6, 6.07) is 0. The molecule has 0 saturated carbocycles. The Morgan fingerprint density at radius 2 is 0.867 bits per heavy atom. The molecule has 2 aliphatic heterocycles. The Kier molecular flexibility index (Phi) is 43.0. The minimum absolute atomic E-state index is 0.0453. The van der Waals surface area contributed by atoms with Gasteiger partial charge in [-0.1, -0.05) is 202 Å². The molecule has 2 saturated heterocycles. The zero-order chi connectivity index (χ0) is 54.4. The summed E-state index contributed by atoms with van der Waals surface area (Å²) in [4.78, 5) is 13.1. The van der Waals surface area contributed by atoms with Crippen molar-refractivity contribution in [2.45, 2.75) is 261 Å². The quantitative estimate of drug-likeness (QED) is 0.0172. The number of ether oxygens (including phenoxy) is 6. The SMILES string of the molecule is CC/C=C\C/C=C\C/C=C\C/C=C\C/C=C\C/C=C\C/C=C\CCCCCC(=O)OC(COCCCCCCCCCCCCCCCCCC)COC1OC(COC2OC(CO)C(O)C(O)C2O)C(O)C(O)C1O. The van der Waals surface area contributed by atoms with E-state index >= 15 is 0 Å². The topological polar surface area (TPSA) is 214 Å². The number of allylic oxidation sites excluding steroid dienone is 14. The summed E-state index contributed by atoms with van der Waals surface area (Å²) in [6.45, 7) is 3.54. The van der Waals surface area contributed by atoms with Gasteiger partial charge in [-0.3, -0.25) is 4.79 Å². The molecular weight excluding hydrogens is 957 g/mol. The van der Waals surface area contributed by atoms with E-state index in [0.29, 0.717) is 13.0 Å². The standard InChI is InChI=1S/C61H104O14/c1-3-5-7-9-11-13-15-17-19-21-22-23-24-25-26-27-28-29-30-32-34-36-38-40-42-44-53(63)73-50(47-70-45-43-41-39-37-35-33-31-20-18-16-14-12-10-8-6-4-2)48-71-60-59(69)57(67)55(65)52(75-60)49-72-61-58(68)56(66)54(64)51(46-62)74-61/h5,7,11,13,17,19,22-23,25-26,28-29,32,34,50-52,54-62,64-69H,3-4,6,8-10,12,14-16,18,20-21,24,27,30-31,33,35-49H2,1-2H3/b7-5-,13-11-,19-17-,23-22-,26-25-,29-28-,34-32-. The first-order chi connectivity index (χ1) is 36.6. The fourth-order valence-electron chi connectivity index (χ4n) is 8.74. The van der Waals surface area contributed by atoms with Crippen LogP contribution >= 0.6 is 0 Å². The Labute approximate surface area is 452 Å². The summed E-state index contributed by atoms with van der Waals surface area (Å²) in [7, 11) is 0. The normalized spacial score (nSPS) is 25.2. The van der Waals surface area contributed by atoms with Gasteiger partial charge in [0.2, 0.25) is 0 Å². The van der Waals surface area contributed by atoms with Crippen LogP contribution in [0.1, 0.15) is 194 Å². The lowest BCUT2D eigenvalue weighted by Gasteiger charge is -2.42. The lowest BCUT2D eigenvalue weighted by atomic mass is 9.98. The number of carbonyl (C=O) groups is 1. The second kappa shape index (κ2) is 47.2. The van der Waals surface area contributed by atoms with Crippen LogP contribution in [0.3, 0.4) is 0 Å². The molecule has 14 heteroatoms. The zero-order valence-electron chi connectivity index (χ0n) is 46.3. The fourth-order valence-corrected chi connectivity index (χ4v) is 8.74. The maximum Gasteiger partial charge on any atom is 0.306 e. The molecule has 0 amide bonds. The van der Waals surface area contributed by atoms with Gasteiger partial charge in [-0.25, -0.2) is 0 Å². The highest BCUT2D eigenvalue weighted by molar-refractivity contribution is 5.69. The predicted molar refractivity (Wildman–Crippen MR) is 298 cm³/mol. The molecule has 11 unspecified atom stereocenters. The maximum absolute atomic E-state index is 13.1. The van der Waals surface area contributed by atoms with E-state index in [1.807, 2.05) is 0 Å². The first-order valence-electron chi connectivity index (χ1n) is 29.2. The van der Waals surface area contributed by atoms with Crippen LogP contribution in [0.5, 0.6) is 0 Å². The molecular formula is C61H104O14. The third kappa shape index (κ3) is 33.9. The van der Waals surface area contributed by atoms with Gasteiger partial charge in [0.05, 0.1) is 26.4 Å². The molecule has 0 aromatic carbocycles. The second-order valence-electron chi connectivity index (χ2n) is 20.1. The first-order valence-corrected chi connectivity index (χ1v) is 29.2. The van der Waals surface area contributed by atoms with Crippen LogP contribution in [0.4, 0.5) is 0 Å². The number of aliphatic hydroxyl groups excluding tert-OH is 7. The van der Waals surface area contributed by atoms with E-state index in [0.717, 1.165) is 83.5 Å². The number of hydrogen-bond donors (Lipinski definition) is 7. The Morgan fingerprint density at radius 1 is 0.453 bits per heavy atom. The third-order valence-corrected chi connectivity index (χ3v) is 13.4. The van der Waals surface area contributed by atoms with Gasteiger partial charge in [-0.15, -0.1) is 0 Å². The predicted octanol–water partition coefficient (Wildman–Crippen LogP) is 10.4. The van der Waals surface area contributed by atoms with E-state index in [1.54, 1.807) is 0 Å². The number of carbonyl (C=O) groups excluding carboxylic acids is 1. The lowest BCUT2D eigenvalue weighted by Crippen LogP contribution is -2.61. The van der Waals surface area contributed by atoms with Crippen molar-refractivity contribution in [2.24, 2.45) is 0 Å². The molecule has 2 fully saturated rings. The van der Waals surface area contributed by atoms with Crippen molar-refractivity contribution in [1.82, 2.24) is 0 Å². The molecule has 432 valence electrons. The average molecular weight is 1060 g/mol. The van der Waals surface area contributed by atoms with Crippen molar-refractivity contribution >= 4 is 5.97 Å². The molecule has 2 rings (SSSR count). The first kappa shape index (κ1) is 68.3. The number of aliphatic hydroxyl groups is 7. The fraction of sp³-hybridized carbons (Fsp3) is 0.754. The molecule has 14 nitrogen and oxygen atoms in total. The van der Waals surface area contributed by atoms with Crippen LogP contribution in [0.2, 0.25) is 0 Å². The van der Waals surface area contributed by atoms with Gasteiger partial charge >= 0.3 is 5.97 Å². The van der Waals surface area contributed by atoms with Crippen molar-refractivity contribution in [3.05, 3.63) is 85.1 Å².